The SMILES string of the molecule is O=C(Cc1ccncc1)c1cn[nH]c1. The molecule has 0 amide bonds. The van der Waals surface area contributed by atoms with E-state index in [1.807, 2.05) is 12.1 Å². The van der Waals surface area contributed by atoms with Crippen molar-refractivity contribution in [1.29, 1.82) is 0 Å². The predicted molar refractivity (Wildman–Crippen MR) is 50.9 cm³/mol. The first-order valence-corrected chi connectivity index (χ1v) is 4.27. The number of nitrogens with zero attached hydrogens (tertiary/aromatic N) is 2. The van der Waals surface area contributed by atoms with Crippen LogP contribution < -0.4 is 0 Å². The molecule has 70 valence electrons. The molecule has 0 unspecified atom stereocenters. The average Bonchev–Trinajstić information content (AvgIpc) is 2.72. The van der Waals surface area contributed by atoms with Gasteiger partial charge in [-0.1, -0.05) is 0 Å². The zero-order valence-electron chi connectivity index (χ0n) is 7.47. The molecule has 0 aliphatic rings. The maximum Gasteiger partial charge on any atom is 0.170 e. The highest BCUT2D eigenvalue weighted by Crippen LogP contribution is 2.04. The molecule has 0 saturated heterocycles. The number of carbonyl (C=O) groups excluding carboxylic acids is 1. The third-order valence-corrected chi connectivity index (χ3v) is 1.93. The van der Waals surface area contributed by atoms with E-state index >= 15 is 0 Å². The van der Waals surface area contributed by atoms with Crippen LogP contribution in [-0.4, -0.2) is 21.0 Å². The number of hydrogen-bond acceptors (Lipinski definition) is 3. The van der Waals surface area contributed by atoms with Gasteiger partial charge in [0.2, 0.25) is 0 Å². The second-order valence-electron chi connectivity index (χ2n) is 2.94. The van der Waals surface area contributed by atoms with E-state index in [0.29, 0.717) is 12.0 Å². The number of Topliss-reactive ketones (excluding diaryl/α,β-unsaturated/α-hetero) is 1. The van der Waals surface area contributed by atoms with Gasteiger partial charge in [0, 0.05) is 25.0 Å². The van der Waals surface area contributed by atoms with Crippen molar-refractivity contribution in [3.63, 3.8) is 0 Å². The number of rotatable bonds is 3. The van der Waals surface area contributed by atoms with Gasteiger partial charge in [0.05, 0.1) is 11.8 Å². The number of hydrogen-bond donors (Lipinski definition) is 1. The van der Waals surface area contributed by atoms with Crippen LogP contribution in [0.25, 0.3) is 0 Å². The van der Waals surface area contributed by atoms with E-state index in [2.05, 4.69) is 15.2 Å². The Labute approximate surface area is 81.0 Å². The molecule has 14 heavy (non-hydrogen) atoms. The maximum atomic E-state index is 11.6. The minimum Gasteiger partial charge on any atom is -0.294 e. The second-order valence-corrected chi connectivity index (χ2v) is 2.94. The largest absolute Gasteiger partial charge is 0.294 e. The lowest BCUT2D eigenvalue weighted by Crippen LogP contribution is -2.01. The Morgan fingerprint density at radius 3 is 2.79 bits per heavy atom. The Kier molecular flexibility index (Phi) is 2.36. The van der Waals surface area contributed by atoms with E-state index in [-0.39, 0.29) is 5.78 Å². The van der Waals surface area contributed by atoms with Crippen LogP contribution in [0.3, 0.4) is 0 Å². The summed E-state index contributed by atoms with van der Waals surface area (Å²) < 4.78 is 0. The Hall–Kier alpha value is -1.97. The van der Waals surface area contributed by atoms with Gasteiger partial charge in [0.1, 0.15) is 0 Å². The molecule has 0 aliphatic carbocycles. The van der Waals surface area contributed by atoms with Gasteiger partial charge in [0.25, 0.3) is 0 Å². The lowest BCUT2D eigenvalue weighted by atomic mass is 10.1. The molecule has 0 saturated carbocycles. The lowest BCUT2D eigenvalue weighted by Gasteiger charge is -1.96. The van der Waals surface area contributed by atoms with Gasteiger partial charge in [-0.3, -0.25) is 14.9 Å². The Morgan fingerprint density at radius 1 is 1.36 bits per heavy atom. The van der Waals surface area contributed by atoms with Crippen LogP contribution in [0.1, 0.15) is 15.9 Å². The van der Waals surface area contributed by atoms with Gasteiger partial charge < -0.3 is 0 Å². The average molecular weight is 187 g/mol. The summed E-state index contributed by atoms with van der Waals surface area (Å²) in [4.78, 5) is 15.5. The van der Waals surface area contributed by atoms with Gasteiger partial charge in [-0.2, -0.15) is 5.10 Å². The van der Waals surface area contributed by atoms with Crippen molar-refractivity contribution in [1.82, 2.24) is 15.2 Å². The molecule has 0 bridgehead atoms. The topological polar surface area (TPSA) is 58.6 Å². The van der Waals surface area contributed by atoms with Crippen LogP contribution in [-0.2, 0) is 6.42 Å². The standard InChI is InChI=1S/C10H9N3O/c14-10(9-6-12-13-7-9)5-8-1-3-11-4-2-8/h1-4,6-7H,5H2,(H,12,13). The van der Waals surface area contributed by atoms with E-state index in [0.717, 1.165) is 5.56 Å². The zero-order chi connectivity index (χ0) is 9.80. The zero-order valence-corrected chi connectivity index (χ0v) is 7.47. The van der Waals surface area contributed by atoms with Crippen molar-refractivity contribution in [3.8, 4) is 0 Å². The first-order chi connectivity index (χ1) is 6.86. The summed E-state index contributed by atoms with van der Waals surface area (Å²) in [5, 5.41) is 6.34. The number of carbonyl (C=O) groups is 1. The summed E-state index contributed by atoms with van der Waals surface area (Å²) in [7, 11) is 0. The van der Waals surface area contributed by atoms with Crippen molar-refractivity contribution < 1.29 is 4.79 Å². The van der Waals surface area contributed by atoms with Gasteiger partial charge in [0.15, 0.2) is 5.78 Å². The quantitative estimate of drug-likeness (QED) is 0.735. The number of pyridine rings is 1. The van der Waals surface area contributed by atoms with Crippen molar-refractivity contribution in [2.45, 2.75) is 6.42 Å². The van der Waals surface area contributed by atoms with Crippen LogP contribution in [0, 0.1) is 0 Å². The van der Waals surface area contributed by atoms with Crippen molar-refractivity contribution in [3.05, 3.63) is 48.0 Å². The molecule has 0 spiro atoms. The molecule has 0 aromatic carbocycles. The summed E-state index contributed by atoms with van der Waals surface area (Å²) in [6.45, 7) is 0. The summed E-state index contributed by atoms with van der Waals surface area (Å²) in [5.41, 5.74) is 1.58. The monoisotopic (exact) mass is 187 g/mol. The van der Waals surface area contributed by atoms with Crippen LogP contribution in [0.5, 0.6) is 0 Å². The molecule has 0 atom stereocenters. The van der Waals surface area contributed by atoms with Crippen LogP contribution in [0.4, 0.5) is 0 Å². The Balaban J connectivity index is 2.10. The van der Waals surface area contributed by atoms with Gasteiger partial charge in [-0.15, -0.1) is 0 Å². The Bertz CT molecular complexity index is 408. The second kappa shape index (κ2) is 3.83. The van der Waals surface area contributed by atoms with Crippen molar-refractivity contribution >= 4 is 5.78 Å². The fourth-order valence-corrected chi connectivity index (χ4v) is 1.19. The molecular weight excluding hydrogens is 178 g/mol. The fourth-order valence-electron chi connectivity index (χ4n) is 1.19. The first-order valence-electron chi connectivity index (χ1n) is 4.27. The van der Waals surface area contributed by atoms with E-state index in [9.17, 15) is 4.79 Å². The first kappa shape index (κ1) is 8.62. The summed E-state index contributed by atoms with van der Waals surface area (Å²) in [6.07, 6.45) is 6.88. The van der Waals surface area contributed by atoms with Crippen LogP contribution >= 0.6 is 0 Å². The third-order valence-electron chi connectivity index (χ3n) is 1.93. The molecule has 0 radical (unpaired) electrons. The Morgan fingerprint density at radius 2 is 2.14 bits per heavy atom. The number of H-pyrrole nitrogens is 1. The molecule has 2 aromatic heterocycles. The summed E-state index contributed by atoms with van der Waals surface area (Å²) in [5.74, 6) is 0.0601. The van der Waals surface area contributed by atoms with Crippen molar-refractivity contribution in [2.75, 3.05) is 0 Å². The molecule has 2 aromatic rings. The molecular formula is C10H9N3O. The molecule has 2 heterocycles. The summed E-state index contributed by atoms with van der Waals surface area (Å²) in [6, 6.07) is 3.66. The third kappa shape index (κ3) is 1.85. The smallest absolute Gasteiger partial charge is 0.170 e. The number of aromatic amines is 1. The lowest BCUT2D eigenvalue weighted by molar-refractivity contribution is 0.0993. The summed E-state index contributed by atoms with van der Waals surface area (Å²) >= 11 is 0. The van der Waals surface area contributed by atoms with Gasteiger partial charge in [-0.05, 0) is 17.7 Å². The van der Waals surface area contributed by atoms with Crippen LogP contribution in [0.15, 0.2) is 36.9 Å². The predicted octanol–water partition coefficient (Wildman–Crippen LogP) is 1.23. The van der Waals surface area contributed by atoms with Crippen molar-refractivity contribution in [2.24, 2.45) is 0 Å². The highest BCUT2D eigenvalue weighted by molar-refractivity contribution is 5.96. The normalized spacial score (nSPS) is 10.0. The van der Waals surface area contributed by atoms with E-state index < -0.39 is 0 Å². The minimum absolute atomic E-state index is 0.0601. The van der Waals surface area contributed by atoms with E-state index in [4.69, 9.17) is 0 Å². The molecule has 2 rings (SSSR count). The molecule has 1 N–H and O–H groups in total. The molecule has 4 nitrogen and oxygen atoms in total. The number of nitrogens with one attached hydrogen (secondary N) is 1. The minimum atomic E-state index is 0.0601. The van der Waals surface area contributed by atoms with Gasteiger partial charge in [-0.25, -0.2) is 0 Å². The molecule has 4 heteroatoms. The van der Waals surface area contributed by atoms with E-state index in [1.165, 1.54) is 6.20 Å². The number of aromatic nitrogens is 3. The maximum absolute atomic E-state index is 11.6. The fraction of sp³-hybridized carbons (Fsp3) is 0.100. The molecule has 0 aliphatic heterocycles. The highest BCUT2D eigenvalue weighted by atomic mass is 16.1. The highest BCUT2D eigenvalue weighted by Gasteiger charge is 2.07. The van der Waals surface area contributed by atoms with Gasteiger partial charge >= 0.3 is 0 Å². The molecule has 0 fully saturated rings. The van der Waals surface area contributed by atoms with E-state index in [1.54, 1.807) is 18.6 Å². The number of ketones is 1. The van der Waals surface area contributed by atoms with Crippen LogP contribution in [0.2, 0.25) is 0 Å².